The second kappa shape index (κ2) is 5.77. The fraction of sp³-hybridized carbons (Fsp3) is 0.143. The van der Waals surface area contributed by atoms with Crippen LogP contribution in [0.3, 0.4) is 0 Å². The first kappa shape index (κ1) is 14.9. The Labute approximate surface area is 141 Å². The first-order valence-electron chi connectivity index (χ1n) is 8.03. The lowest BCUT2D eigenvalue weighted by atomic mass is 10.0. The number of aryl methyl sites for hydroxylation is 1. The third kappa shape index (κ3) is 2.29. The molecule has 0 unspecified atom stereocenters. The highest BCUT2D eigenvalue weighted by Crippen LogP contribution is 2.33. The minimum absolute atomic E-state index is 0.101. The smallest absolute Gasteiger partial charge is 0.0708 e. The molecular formula is C21H18N2O. The first-order chi connectivity index (χ1) is 11.7. The van der Waals surface area contributed by atoms with E-state index in [0.29, 0.717) is 6.54 Å². The van der Waals surface area contributed by atoms with Gasteiger partial charge in [-0.25, -0.2) is 0 Å². The van der Waals surface area contributed by atoms with E-state index in [9.17, 15) is 5.11 Å². The maximum Gasteiger partial charge on any atom is 0.0708 e. The van der Waals surface area contributed by atoms with Crippen molar-refractivity contribution >= 4 is 21.8 Å². The van der Waals surface area contributed by atoms with Crippen molar-refractivity contribution in [2.45, 2.75) is 13.5 Å². The molecule has 118 valence electrons. The molecule has 0 saturated heterocycles. The van der Waals surface area contributed by atoms with Crippen molar-refractivity contribution in [1.29, 1.82) is 0 Å². The zero-order valence-electron chi connectivity index (χ0n) is 13.5. The molecular weight excluding hydrogens is 296 g/mol. The van der Waals surface area contributed by atoms with Gasteiger partial charge in [0.15, 0.2) is 0 Å². The molecule has 24 heavy (non-hydrogen) atoms. The van der Waals surface area contributed by atoms with Gasteiger partial charge in [-0.3, -0.25) is 4.98 Å². The van der Waals surface area contributed by atoms with E-state index in [0.717, 1.165) is 38.8 Å². The van der Waals surface area contributed by atoms with E-state index >= 15 is 0 Å². The predicted molar refractivity (Wildman–Crippen MR) is 97.9 cm³/mol. The molecule has 0 aliphatic carbocycles. The normalized spacial score (nSPS) is 11.5. The van der Waals surface area contributed by atoms with Crippen LogP contribution in [0.1, 0.15) is 11.3 Å². The van der Waals surface area contributed by atoms with Gasteiger partial charge in [0, 0.05) is 29.0 Å². The van der Waals surface area contributed by atoms with Crippen LogP contribution in [0.25, 0.3) is 32.9 Å². The molecule has 3 heteroatoms. The van der Waals surface area contributed by atoms with Crippen molar-refractivity contribution in [3.05, 3.63) is 72.9 Å². The van der Waals surface area contributed by atoms with E-state index in [4.69, 9.17) is 6.92 Å². The number of aromatic nitrogens is 2. The fourth-order valence-electron chi connectivity index (χ4n) is 3.45. The van der Waals surface area contributed by atoms with Gasteiger partial charge in [0.25, 0.3) is 0 Å². The summed E-state index contributed by atoms with van der Waals surface area (Å²) in [7, 11) is 0. The average molecular weight is 314 g/mol. The lowest BCUT2D eigenvalue weighted by Crippen LogP contribution is -2.02. The number of aliphatic hydroxyl groups is 1. The molecule has 0 bridgehead atoms. The van der Waals surface area contributed by atoms with Crippen LogP contribution in [0, 0.1) is 13.8 Å². The summed E-state index contributed by atoms with van der Waals surface area (Å²) in [6.45, 7) is 8.59. The molecule has 0 saturated carbocycles. The number of rotatable bonds is 3. The molecule has 2 heterocycles. The molecule has 1 N–H and O–H groups in total. The number of hydrogen-bond donors (Lipinski definition) is 1. The van der Waals surface area contributed by atoms with Gasteiger partial charge >= 0.3 is 0 Å². The largest absolute Gasteiger partial charge is 0.395 e. The summed E-state index contributed by atoms with van der Waals surface area (Å²) in [6, 6.07) is 16.4. The van der Waals surface area contributed by atoms with Crippen LogP contribution in [0.2, 0.25) is 0 Å². The van der Waals surface area contributed by atoms with Crippen molar-refractivity contribution in [3.63, 3.8) is 0 Å². The molecule has 0 spiro atoms. The van der Waals surface area contributed by atoms with Gasteiger partial charge in [0.05, 0.1) is 17.8 Å². The Hall–Kier alpha value is -2.65. The molecule has 0 aliphatic heterocycles. The maximum absolute atomic E-state index is 9.46. The van der Waals surface area contributed by atoms with Crippen LogP contribution in [-0.4, -0.2) is 21.3 Å². The van der Waals surface area contributed by atoms with Crippen LogP contribution in [0.5, 0.6) is 0 Å². The molecule has 0 fully saturated rings. The Morgan fingerprint density at radius 3 is 2.67 bits per heavy atom. The number of nitrogens with zero attached hydrogens (tertiary/aromatic N) is 2. The highest BCUT2D eigenvalue weighted by molar-refractivity contribution is 6.09. The van der Waals surface area contributed by atoms with Gasteiger partial charge in [-0.15, -0.1) is 0 Å². The van der Waals surface area contributed by atoms with Crippen molar-refractivity contribution in [3.8, 4) is 11.1 Å². The third-order valence-corrected chi connectivity index (χ3v) is 4.50. The summed E-state index contributed by atoms with van der Waals surface area (Å²) >= 11 is 0. The molecule has 0 amide bonds. The van der Waals surface area contributed by atoms with Gasteiger partial charge < -0.3 is 9.67 Å². The highest BCUT2D eigenvalue weighted by atomic mass is 16.3. The van der Waals surface area contributed by atoms with Crippen LogP contribution in [0.15, 0.2) is 54.7 Å². The Morgan fingerprint density at radius 1 is 1.04 bits per heavy atom. The van der Waals surface area contributed by atoms with Gasteiger partial charge in [-0.05, 0) is 48.7 Å². The number of aliphatic hydroxyl groups excluding tert-OH is 1. The molecule has 4 aromatic rings. The molecule has 2 aromatic heterocycles. The van der Waals surface area contributed by atoms with E-state index < -0.39 is 0 Å². The SMILES string of the molecule is [CH]c1cccc(-c2ccc3c(c2)c2ccnc(C)c2n3CCO)c1. The minimum Gasteiger partial charge on any atom is -0.395 e. The van der Waals surface area contributed by atoms with Gasteiger partial charge in [-0.1, -0.05) is 30.3 Å². The Morgan fingerprint density at radius 2 is 1.88 bits per heavy atom. The monoisotopic (exact) mass is 314 g/mol. The van der Waals surface area contributed by atoms with Crippen LogP contribution < -0.4 is 0 Å². The lowest BCUT2D eigenvalue weighted by Gasteiger charge is -2.07. The summed E-state index contributed by atoms with van der Waals surface area (Å²) in [5.74, 6) is 0. The van der Waals surface area contributed by atoms with Crippen molar-refractivity contribution < 1.29 is 5.11 Å². The Kier molecular flexibility index (Phi) is 3.58. The van der Waals surface area contributed by atoms with E-state index in [1.807, 2.05) is 37.4 Å². The van der Waals surface area contributed by atoms with Gasteiger partial charge in [0.1, 0.15) is 0 Å². The standard InChI is InChI=1S/C21H18N2O/c1-14-4-3-5-16(12-14)17-6-7-20-19(13-17)18-8-9-22-15(2)21(18)23(20)10-11-24/h1,3-9,12-13,24H,10-11H2,2H3. The van der Waals surface area contributed by atoms with Crippen molar-refractivity contribution in [1.82, 2.24) is 9.55 Å². The molecule has 0 aliphatic rings. The summed E-state index contributed by atoms with van der Waals surface area (Å²) in [4.78, 5) is 4.42. The van der Waals surface area contributed by atoms with Crippen LogP contribution >= 0.6 is 0 Å². The third-order valence-electron chi connectivity index (χ3n) is 4.50. The van der Waals surface area contributed by atoms with E-state index in [1.165, 1.54) is 5.39 Å². The average Bonchev–Trinajstić information content (AvgIpc) is 2.90. The summed E-state index contributed by atoms with van der Waals surface area (Å²) < 4.78 is 2.15. The quantitative estimate of drug-likeness (QED) is 0.615. The fourth-order valence-corrected chi connectivity index (χ4v) is 3.45. The summed E-state index contributed by atoms with van der Waals surface area (Å²) in [5, 5.41) is 11.8. The Balaban J connectivity index is 2.03. The molecule has 4 rings (SSSR count). The first-order valence-corrected chi connectivity index (χ1v) is 8.03. The number of fused-ring (bicyclic) bond motifs is 3. The van der Waals surface area contributed by atoms with Crippen molar-refractivity contribution in [2.75, 3.05) is 6.61 Å². The number of hydrogen-bond acceptors (Lipinski definition) is 2. The molecule has 3 nitrogen and oxygen atoms in total. The van der Waals surface area contributed by atoms with Gasteiger partial charge in [0.2, 0.25) is 0 Å². The van der Waals surface area contributed by atoms with E-state index in [-0.39, 0.29) is 6.61 Å². The van der Waals surface area contributed by atoms with Gasteiger partial charge in [-0.2, -0.15) is 0 Å². The van der Waals surface area contributed by atoms with Crippen molar-refractivity contribution in [2.24, 2.45) is 0 Å². The zero-order chi connectivity index (χ0) is 16.7. The van der Waals surface area contributed by atoms with Crippen LogP contribution in [0.4, 0.5) is 0 Å². The van der Waals surface area contributed by atoms with E-state index in [1.54, 1.807) is 0 Å². The highest BCUT2D eigenvalue weighted by Gasteiger charge is 2.13. The molecule has 2 radical (unpaired) electrons. The second-order valence-electron chi connectivity index (χ2n) is 6.03. The lowest BCUT2D eigenvalue weighted by molar-refractivity contribution is 0.280. The molecule has 0 atom stereocenters. The van der Waals surface area contributed by atoms with Crippen LogP contribution in [-0.2, 0) is 6.54 Å². The second-order valence-corrected chi connectivity index (χ2v) is 6.03. The Bertz CT molecular complexity index is 1050. The summed E-state index contributed by atoms with van der Waals surface area (Å²) in [6.07, 6.45) is 1.84. The topological polar surface area (TPSA) is 38.0 Å². The number of benzene rings is 2. The number of pyridine rings is 1. The minimum atomic E-state index is 0.101. The van der Waals surface area contributed by atoms with E-state index in [2.05, 4.69) is 33.8 Å². The predicted octanol–water partition coefficient (Wildman–Crippen LogP) is 4.22. The summed E-state index contributed by atoms with van der Waals surface area (Å²) in [5.41, 5.74) is 6.17. The molecule has 2 aromatic carbocycles. The maximum atomic E-state index is 9.46. The zero-order valence-corrected chi connectivity index (χ0v) is 13.5.